The predicted octanol–water partition coefficient (Wildman–Crippen LogP) is 0.779. The van der Waals surface area contributed by atoms with Gasteiger partial charge in [0.1, 0.15) is 0 Å². The first-order chi connectivity index (χ1) is 9.86. The van der Waals surface area contributed by atoms with E-state index in [2.05, 4.69) is 24.1 Å². The van der Waals surface area contributed by atoms with Gasteiger partial charge in [-0.15, -0.1) is 0 Å². The zero-order chi connectivity index (χ0) is 15.5. The Morgan fingerprint density at radius 1 is 1.29 bits per heavy atom. The van der Waals surface area contributed by atoms with E-state index in [1.807, 2.05) is 0 Å². The summed E-state index contributed by atoms with van der Waals surface area (Å²) < 4.78 is 23.5. The second kappa shape index (κ2) is 6.94. The zero-order valence-corrected chi connectivity index (χ0v) is 14.2. The smallest absolute Gasteiger partial charge is 0.151 e. The van der Waals surface area contributed by atoms with Crippen LogP contribution >= 0.6 is 0 Å². The number of hydrogen-bond acceptors (Lipinski definition) is 5. The maximum Gasteiger partial charge on any atom is 0.151 e. The maximum atomic E-state index is 11.7. The summed E-state index contributed by atoms with van der Waals surface area (Å²) in [6, 6.07) is 0.742. The highest BCUT2D eigenvalue weighted by molar-refractivity contribution is 7.91. The summed E-state index contributed by atoms with van der Waals surface area (Å²) in [6.45, 7) is 5.90. The summed E-state index contributed by atoms with van der Waals surface area (Å²) >= 11 is 0. The van der Waals surface area contributed by atoms with Gasteiger partial charge in [0.15, 0.2) is 9.84 Å². The molecule has 0 radical (unpaired) electrons. The monoisotopic (exact) mass is 318 g/mol. The first kappa shape index (κ1) is 17.2. The van der Waals surface area contributed by atoms with Crippen LogP contribution in [0.25, 0.3) is 0 Å². The second-order valence-electron chi connectivity index (χ2n) is 7.03. The summed E-state index contributed by atoms with van der Waals surface area (Å²) in [5.74, 6) is 0.610. The van der Waals surface area contributed by atoms with Gasteiger partial charge in [0, 0.05) is 24.2 Å². The van der Waals surface area contributed by atoms with E-state index < -0.39 is 9.84 Å². The van der Waals surface area contributed by atoms with Gasteiger partial charge in [-0.3, -0.25) is 4.90 Å². The van der Waals surface area contributed by atoms with Gasteiger partial charge in [-0.05, 0) is 38.6 Å². The minimum atomic E-state index is -2.85. The molecule has 1 aliphatic heterocycles. The number of aliphatic hydroxyl groups is 1. The van der Waals surface area contributed by atoms with Crippen LogP contribution in [0.4, 0.5) is 0 Å². The van der Waals surface area contributed by atoms with Crippen LogP contribution in [-0.2, 0) is 9.84 Å². The van der Waals surface area contributed by atoms with E-state index >= 15 is 0 Å². The van der Waals surface area contributed by atoms with E-state index in [9.17, 15) is 13.5 Å². The molecular weight excluding hydrogens is 288 g/mol. The average molecular weight is 318 g/mol. The lowest BCUT2D eigenvalue weighted by molar-refractivity contribution is 0.0571. The Bertz CT molecular complexity index is 438. The third-order valence-corrected chi connectivity index (χ3v) is 6.54. The molecule has 0 aromatic carbocycles. The maximum absolute atomic E-state index is 11.7. The van der Waals surface area contributed by atoms with Gasteiger partial charge in [-0.2, -0.15) is 0 Å². The number of rotatable bonds is 4. The predicted molar refractivity (Wildman–Crippen MR) is 85.2 cm³/mol. The molecule has 2 rings (SSSR count). The zero-order valence-electron chi connectivity index (χ0n) is 13.3. The molecule has 0 aromatic rings. The molecule has 0 bridgehead atoms. The molecule has 2 aliphatic rings. The van der Waals surface area contributed by atoms with Crippen LogP contribution in [0.2, 0.25) is 0 Å². The Morgan fingerprint density at radius 3 is 2.71 bits per heavy atom. The summed E-state index contributed by atoms with van der Waals surface area (Å²) in [5, 5.41) is 13.4. The molecule has 0 spiro atoms. The van der Waals surface area contributed by atoms with Crippen molar-refractivity contribution in [3.05, 3.63) is 0 Å². The largest absolute Gasteiger partial charge is 0.394 e. The Morgan fingerprint density at radius 2 is 2.05 bits per heavy atom. The topological polar surface area (TPSA) is 69.6 Å². The van der Waals surface area contributed by atoms with Gasteiger partial charge in [-0.1, -0.05) is 13.8 Å². The highest BCUT2D eigenvalue weighted by Gasteiger charge is 2.38. The second-order valence-corrected chi connectivity index (χ2v) is 9.33. The lowest BCUT2D eigenvalue weighted by Crippen LogP contribution is -2.57. The molecule has 1 saturated heterocycles. The molecule has 5 nitrogen and oxygen atoms in total. The molecule has 1 saturated carbocycles. The minimum absolute atomic E-state index is 0.161. The number of hydrogen-bond donors (Lipinski definition) is 2. The van der Waals surface area contributed by atoms with Crippen molar-refractivity contribution in [3.8, 4) is 0 Å². The van der Waals surface area contributed by atoms with E-state index in [1.165, 1.54) is 0 Å². The van der Waals surface area contributed by atoms with Crippen LogP contribution in [-0.4, -0.2) is 67.2 Å². The molecule has 0 amide bonds. The molecule has 1 aliphatic carbocycles. The van der Waals surface area contributed by atoms with Crippen LogP contribution in [0.3, 0.4) is 0 Å². The Labute approximate surface area is 129 Å². The highest BCUT2D eigenvalue weighted by atomic mass is 32.2. The van der Waals surface area contributed by atoms with Crippen LogP contribution in [0.1, 0.15) is 46.0 Å². The number of nitrogens with one attached hydrogen (secondary N) is 1. The highest BCUT2D eigenvalue weighted by Crippen LogP contribution is 2.32. The molecule has 2 fully saturated rings. The SMILES string of the molecule is CC(C)NC1(CO)CCCC(N2CCCS(=O)(=O)CC2)C1. The normalized spacial score (nSPS) is 34.8. The molecule has 1 heterocycles. The summed E-state index contributed by atoms with van der Waals surface area (Å²) in [4.78, 5) is 2.34. The fourth-order valence-corrected chi connectivity index (χ4v) is 5.18. The molecule has 0 aromatic heterocycles. The molecule has 6 heteroatoms. The molecule has 21 heavy (non-hydrogen) atoms. The lowest BCUT2D eigenvalue weighted by atomic mass is 9.78. The van der Waals surface area contributed by atoms with Crippen molar-refractivity contribution in [2.24, 2.45) is 0 Å². The summed E-state index contributed by atoms with van der Waals surface area (Å²) in [6.07, 6.45) is 4.87. The van der Waals surface area contributed by atoms with Crippen molar-refractivity contribution in [3.63, 3.8) is 0 Å². The first-order valence-corrected chi connectivity index (χ1v) is 10.0. The van der Waals surface area contributed by atoms with Gasteiger partial charge in [0.25, 0.3) is 0 Å². The van der Waals surface area contributed by atoms with E-state index in [0.29, 0.717) is 24.4 Å². The fraction of sp³-hybridized carbons (Fsp3) is 1.00. The van der Waals surface area contributed by atoms with Gasteiger partial charge in [-0.25, -0.2) is 8.42 Å². The van der Waals surface area contributed by atoms with Crippen molar-refractivity contribution in [2.45, 2.75) is 63.6 Å². The van der Waals surface area contributed by atoms with Crippen LogP contribution < -0.4 is 5.32 Å². The number of nitrogens with zero attached hydrogens (tertiary/aromatic N) is 1. The van der Waals surface area contributed by atoms with Gasteiger partial charge >= 0.3 is 0 Å². The average Bonchev–Trinajstić information content (AvgIpc) is 2.59. The van der Waals surface area contributed by atoms with E-state index in [4.69, 9.17) is 0 Å². The van der Waals surface area contributed by atoms with Crippen LogP contribution in [0, 0.1) is 0 Å². The Hall–Kier alpha value is -0.170. The third kappa shape index (κ3) is 4.65. The minimum Gasteiger partial charge on any atom is -0.394 e. The molecule has 2 atom stereocenters. The number of aliphatic hydroxyl groups excluding tert-OH is 1. The van der Waals surface area contributed by atoms with E-state index in [0.717, 1.165) is 38.6 Å². The van der Waals surface area contributed by atoms with Gasteiger partial charge in [0.2, 0.25) is 0 Å². The summed E-state index contributed by atoms with van der Waals surface area (Å²) in [5.41, 5.74) is -0.192. The number of sulfone groups is 1. The van der Waals surface area contributed by atoms with Gasteiger partial charge < -0.3 is 10.4 Å². The van der Waals surface area contributed by atoms with E-state index in [-0.39, 0.29) is 17.9 Å². The summed E-state index contributed by atoms with van der Waals surface area (Å²) in [7, 11) is -2.85. The van der Waals surface area contributed by atoms with Gasteiger partial charge in [0.05, 0.1) is 18.1 Å². The fourth-order valence-electron chi connectivity index (χ4n) is 3.90. The van der Waals surface area contributed by atoms with Crippen molar-refractivity contribution < 1.29 is 13.5 Å². The van der Waals surface area contributed by atoms with Crippen LogP contribution in [0.15, 0.2) is 0 Å². The van der Waals surface area contributed by atoms with Crippen LogP contribution in [0.5, 0.6) is 0 Å². The third-order valence-electron chi connectivity index (χ3n) is 4.82. The first-order valence-electron chi connectivity index (χ1n) is 8.19. The molecule has 2 N–H and O–H groups in total. The van der Waals surface area contributed by atoms with Crippen molar-refractivity contribution in [1.82, 2.24) is 10.2 Å². The molecular formula is C15H30N2O3S. The molecule has 2 unspecified atom stereocenters. The molecule has 124 valence electrons. The quantitative estimate of drug-likeness (QED) is 0.801. The van der Waals surface area contributed by atoms with E-state index in [1.54, 1.807) is 0 Å². The van der Waals surface area contributed by atoms with Crippen molar-refractivity contribution >= 4 is 9.84 Å². The Kier molecular flexibility index (Phi) is 5.68. The lowest BCUT2D eigenvalue weighted by Gasteiger charge is -2.45. The van der Waals surface area contributed by atoms with Crippen molar-refractivity contribution in [1.29, 1.82) is 0 Å². The Balaban J connectivity index is 2.03. The van der Waals surface area contributed by atoms with Crippen molar-refractivity contribution in [2.75, 3.05) is 31.2 Å². The standard InChI is InChI=1S/C15H30N2O3S/c1-13(2)16-15(12-18)6-3-5-14(11-15)17-7-4-9-21(19,20)10-8-17/h13-14,16,18H,3-12H2,1-2H3.